The van der Waals surface area contributed by atoms with E-state index >= 15 is 0 Å². The molecule has 2 saturated carbocycles. The molecule has 7 atom stereocenters. The van der Waals surface area contributed by atoms with Crippen LogP contribution in [0.3, 0.4) is 0 Å². The van der Waals surface area contributed by atoms with Crippen molar-refractivity contribution >= 4 is 0 Å². The molecule has 2 N–H and O–H groups in total. The summed E-state index contributed by atoms with van der Waals surface area (Å²) in [5.74, 6) is 5.32. The number of aliphatic hydroxyl groups is 2. The van der Waals surface area contributed by atoms with Crippen LogP contribution >= 0.6 is 0 Å². The molecular weight excluding hydrogens is 284 g/mol. The molecule has 2 heteroatoms. The van der Waals surface area contributed by atoms with Gasteiger partial charge in [-0.25, -0.2) is 0 Å². The largest absolute Gasteiger partial charge is 0.393 e. The van der Waals surface area contributed by atoms with Crippen LogP contribution in [-0.2, 0) is 0 Å². The molecule has 0 aliphatic heterocycles. The molecule has 126 valence electrons. The zero-order valence-corrected chi connectivity index (χ0v) is 14.5. The lowest BCUT2D eigenvalue weighted by Gasteiger charge is -2.55. The molecular formula is C21H30O2. The van der Waals surface area contributed by atoms with Gasteiger partial charge in [-0.3, -0.25) is 0 Å². The summed E-state index contributed by atoms with van der Waals surface area (Å²) in [6, 6.07) is 0. The molecule has 0 heterocycles. The van der Waals surface area contributed by atoms with Gasteiger partial charge < -0.3 is 10.2 Å². The first-order valence-electron chi connectivity index (χ1n) is 9.48. The zero-order valence-electron chi connectivity index (χ0n) is 14.5. The Labute approximate surface area is 140 Å². The summed E-state index contributed by atoms with van der Waals surface area (Å²) in [5.41, 5.74) is 2.23. The van der Waals surface area contributed by atoms with Crippen molar-refractivity contribution in [1.29, 1.82) is 0 Å². The second-order valence-corrected chi connectivity index (χ2v) is 9.00. The smallest absolute Gasteiger partial charge is 0.130 e. The lowest BCUT2D eigenvalue weighted by Crippen LogP contribution is -2.52. The van der Waals surface area contributed by atoms with E-state index in [1.807, 2.05) is 0 Å². The summed E-state index contributed by atoms with van der Waals surface area (Å²) in [6.07, 6.45) is 13.8. The second kappa shape index (κ2) is 5.11. The summed E-state index contributed by atoms with van der Waals surface area (Å²) >= 11 is 0. The predicted octanol–water partition coefficient (Wildman–Crippen LogP) is 3.67. The molecule has 0 unspecified atom stereocenters. The van der Waals surface area contributed by atoms with E-state index in [0.717, 1.165) is 44.9 Å². The molecule has 23 heavy (non-hydrogen) atoms. The highest BCUT2D eigenvalue weighted by Crippen LogP contribution is 2.65. The number of hydrogen-bond donors (Lipinski definition) is 2. The van der Waals surface area contributed by atoms with E-state index in [4.69, 9.17) is 6.42 Å². The number of rotatable bonds is 0. The van der Waals surface area contributed by atoms with Gasteiger partial charge in [-0.1, -0.05) is 30.9 Å². The molecule has 2 fully saturated rings. The van der Waals surface area contributed by atoms with Crippen molar-refractivity contribution in [3.05, 3.63) is 11.1 Å². The van der Waals surface area contributed by atoms with Gasteiger partial charge >= 0.3 is 0 Å². The Hall–Kier alpha value is -0.780. The molecule has 4 aliphatic rings. The van der Waals surface area contributed by atoms with E-state index in [1.165, 1.54) is 6.42 Å². The fraction of sp³-hybridized carbons (Fsp3) is 0.810. The minimum absolute atomic E-state index is 0.108. The van der Waals surface area contributed by atoms with Crippen LogP contribution in [0.4, 0.5) is 0 Å². The van der Waals surface area contributed by atoms with Crippen molar-refractivity contribution in [1.82, 2.24) is 0 Å². The summed E-state index contributed by atoms with van der Waals surface area (Å²) in [6.45, 7) is 4.64. The molecule has 4 rings (SSSR count). The van der Waals surface area contributed by atoms with Crippen LogP contribution in [0.5, 0.6) is 0 Å². The number of allylic oxidation sites excluding steroid dienone is 1. The van der Waals surface area contributed by atoms with Crippen LogP contribution < -0.4 is 0 Å². The Morgan fingerprint density at radius 3 is 2.70 bits per heavy atom. The Morgan fingerprint density at radius 1 is 1.17 bits per heavy atom. The SMILES string of the molecule is C#C[C@]1(O)CC[C@H]2[C@@H]3[C@H](C)CC4=C(CC[C@@H](O)C4)[C@H]3CC[C@@]21C. The Kier molecular flexibility index (Phi) is 3.49. The van der Waals surface area contributed by atoms with Gasteiger partial charge in [-0.05, 0) is 75.0 Å². The van der Waals surface area contributed by atoms with Gasteiger partial charge in [0, 0.05) is 5.41 Å². The average molecular weight is 314 g/mol. The third-order valence-electron chi connectivity index (χ3n) is 8.08. The second-order valence-electron chi connectivity index (χ2n) is 9.00. The third-order valence-corrected chi connectivity index (χ3v) is 8.08. The lowest BCUT2D eigenvalue weighted by atomic mass is 9.50. The molecule has 0 aromatic rings. The number of fused-ring (bicyclic) bond motifs is 4. The highest BCUT2D eigenvalue weighted by Gasteiger charge is 2.62. The maximum Gasteiger partial charge on any atom is 0.130 e. The fourth-order valence-corrected chi connectivity index (χ4v) is 6.85. The van der Waals surface area contributed by atoms with Gasteiger partial charge in [0.1, 0.15) is 5.60 Å². The van der Waals surface area contributed by atoms with E-state index in [1.54, 1.807) is 11.1 Å². The average Bonchev–Trinajstić information content (AvgIpc) is 2.79. The minimum atomic E-state index is -0.903. The van der Waals surface area contributed by atoms with Crippen molar-refractivity contribution in [3.63, 3.8) is 0 Å². The molecule has 0 amide bonds. The highest BCUT2D eigenvalue weighted by molar-refractivity contribution is 5.30. The maximum absolute atomic E-state index is 11.0. The topological polar surface area (TPSA) is 40.5 Å². The summed E-state index contributed by atoms with van der Waals surface area (Å²) in [7, 11) is 0. The van der Waals surface area contributed by atoms with E-state index in [2.05, 4.69) is 19.8 Å². The highest BCUT2D eigenvalue weighted by atomic mass is 16.3. The molecule has 0 spiro atoms. The number of terminal acetylenes is 1. The first-order chi connectivity index (χ1) is 10.9. The molecule has 0 aromatic carbocycles. The van der Waals surface area contributed by atoms with Crippen molar-refractivity contribution in [2.75, 3.05) is 0 Å². The molecule has 4 aliphatic carbocycles. The molecule has 0 aromatic heterocycles. The predicted molar refractivity (Wildman–Crippen MR) is 91.5 cm³/mol. The molecule has 0 bridgehead atoms. The number of aliphatic hydroxyl groups excluding tert-OH is 1. The van der Waals surface area contributed by atoms with Gasteiger partial charge in [-0.2, -0.15) is 0 Å². The lowest BCUT2D eigenvalue weighted by molar-refractivity contribution is -0.0813. The quantitative estimate of drug-likeness (QED) is 0.529. The third kappa shape index (κ3) is 2.02. The first kappa shape index (κ1) is 15.7. The van der Waals surface area contributed by atoms with Crippen LogP contribution in [0.2, 0.25) is 0 Å². The van der Waals surface area contributed by atoms with E-state index in [0.29, 0.717) is 23.7 Å². The van der Waals surface area contributed by atoms with Crippen LogP contribution in [-0.4, -0.2) is 21.9 Å². The fourth-order valence-electron chi connectivity index (χ4n) is 6.85. The van der Waals surface area contributed by atoms with Crippen molar-refractivity contribution < 1.29 is 10.2 Å². The summed E-state index contributed by atoms with van der Waals surface area (Å²) < 4.78 is 0. The van der Waals surface area contributed by atoms with Crippen LogP contribution in [0, 0.1) is 41.4 Å². The van der Waals surface area contributed by atoms with Crippen LogP contribution in [0.15, 0.2) is 11.1 Å². The van der Waals surface area contributed by atoms with Crippen molar-refractivity contribution in [2.24, 2.45) is 29.1 Å². The van der Waals surface area contributed by atoms with Gasteiger partial charge in [-0.15, -0.1) is 6.42 Å². The normalized spacial score (nSPS) is 52.4. The maximum atomic E-state index is 11.0. The van der Waals surface area contributed by atoms with Crippen molar-refractivity contribution in [3.8, 4) is 12.3 Å². The molecule has 0 radical (unpaired) electrons. The standard InChI is InChI=1S/C21H30O2/c1-4-21(23)10-8-18-19-13(2)11-14-12-15(22)5-6-16(14)17(19)7-9-20(18,21)3/h1,13,15,17-19,22-23H,5-12H2,2-3H3/t13-,15-,17-,18+,19-,20+,21+/m1/s1. The van der Waals surface area contributed by atoms with Crippen molar-refractivity contribution in [2.45, 2.75) is 76.9 Å². The number of hydrogen-bond acceptors (Lipinski definition) is 2. The van der Waals surface area contributed by atoms with Gasteiger partial charge in [0.05, 0.1) is 6.10 Å². The monoisotopic (exact) mass is 314 g/mol. The first-order valence-corrected chi connectivity index (χ1v) is 9.48. The Morgan fingerprint density at radius 2 is 1.96 bits per heavy atom. The van der Waals surface area contributed by atoms with E-state index in [-0.39, 0.29) is 11.5 Å². The van der Waals surface area contributed by atoms with Crippen LogP contribution in [0.25, 0.3) is 0 Å². The molecule has 0 saturated heterocycles. The van der Waals surface area contributed by atoms with E-state index < -0.39 is 5.60 Å². The van der Waals surface area contributed by atoms with Crippen LogP contribution in [0.1, 0.15) is 65.2 Å². The Bertz CT molecular complexity index is 585. The summed E-state index contributed by atoms with van der Waals surface area (Å²) in [5, 5.41) is 21.0. The molecule has 2 nitrogen and oxygen atoms in total. The van der Waals surface area contributed by atoms with Gasteiger partial charge in [0.2, 0.25) is 0 Å². The Balaban J connectivity index is 1.70. The minimum Gasteiger partial charge on any atom is -0.393 e. The van der Waals surface area contributed by atoms with Gasteiger partial charge in [0.25, 0.3) is 0 Å². The van der Waals surface area contributed by atoms with Gasteiger partial charge in [0.15, 0.2) is 0 Å². The zero-order chi connectivity index (χ0) is 16.4. The summed E-state index contributed by atoms with van der Waals surface area (Å²) in [4.78, 5) is 0. The van der Waals surface area contributed by atoms with E-state index in [9.17, 15) is 10.2 Å².